The Labute approximate surface area is 153 Å². The van der Waals surface area contributed by atoms with Gasteiger partial charge in [-0.25, -0.2) is 0 Å². The van der Waals surface area contributed by atoms with Crippen LogP contribution in [0.1, 0.15) is 17.4 Å². The summed E-state index contributed by atoms with van der Waals surface area (Å²) < 4.78 is 16.3. The van der Waals surface area contributed by atoms with E-state index in [4.69, 9.17) is 14.2 Å². The lowest BCUT2D eigenvalue weighted by Crippen LogP contribution is -2.45. The van der Waals surface area contributed by atoms with E-state index in [0.29, 0.717) is 6.42 Å². The number of amides is 1. The van der Waals surface area contributed by atoms with Crippen molar-refractivity contribution in [1.82, 2.24) is 9.80 Å². The first-order chi connectivity index (χ1) is 12.2. The van der Waals surface area contributed by atoms with Gasteiger partial charge in [0.2, 0.25) is 5.91 Å². The van der Waals surface area contributed by atoms with E-state index >= 15 is 0 Å². The molecule has 2 fully saturated rings. The quantitative estimate of drug-likeness (QED) is 0.768. The molecule has 0 aliphatic carbocycles. The van der Waals surface area contributed by atoms with E-state index in [1.165, 1.54) is 0 Å². The van der Waals surface area contributed by atoms with Gasteiger partial charge in [0.05, 0.1) is 27.4 Å². The van der Waals surface area contributed by atoms with Crippen molar-refractivity contribution in [2.24, 2.45) is 0 Å². The molecule has 2 saturated heterocycles. The monoisotopic (exact) mass is 366 g/mol. The lowest BCUT2D eigenvalue weighted by molar-refractivity contribution is -0.132. The second-order valence-corrected chi connectivity index (χ2v) is 7.31. The summed E-state index contributed by atoms with van der Waals surface area (Å²) >= 11 is 1.79. The zero-order chi connectivity index (χ0) is 17.6. The van der Waals surface area contributed by atoms with Crippen LogP contribution in [-0.4, -0.2) is 75.1 Å². The molecule has 1 atom stereocenters. The normalized spacial score (nSPS) is 22.1. The van der Waals surface area contributed by atoms with E-state index in [2.05, 4.69) is 4.90 Å². The van der Waals surface area contributed by atoms with Gasteiger partial charge in [0.15, 0.2) is 0 Å². The van der Waals surface area contributed by atoms with Crippen molar-refractivity contribution in [3.63, 3.8) is 0 Å². The zero-order valence-electron chi connectivity index (χ0n) is 14.9. The van der Waals surface area contributed by atoms with Crippen molar-refractivity contribution in [2.75, 3.05) is 59.4 Å². The number of thioether (sulfide) groups is 1. The van der Waals surface area contributed by atoms with Crippen LogP contribution in [0.5, 0.6) is 11.5 Å². The predicted molar refractivity (Wildman–Crippen MR) is 98.3 cm³/mol. The fourth-order valence-corrected chi connectivity index (χ4v) is 4.51. The molecule has 1 unspecified atom stereocenters. The van der Waals surface area contributed by atoms with E-state index in [9.17, 15) is 4.79 Å². The molecule has 2 aliphatic heterocycles. The molecule has 7 heteroatoms. The Morgan fingerprint density at radius 3 is 2.72 bits per heavy atom. The minimum atomic E-state index is -0.0349. The summed E-state index contributed by atoms with van der Waals surface area (Å²) in [7, 11) is 3.32. The van der Waals surface area contributed by atoms with Gasteiger partial charge < -0.3 is 19.1 Å². The molecule has 3 rings (SSSR count). The summed E-state index contributed by atoms with van der Waals surface area (Å²) in [4.78, 5) is 16.9. The number of benzene rings is 1. The first-order valence-electron chi connectivity index (χ1n) is 8.66. The molecular formula is C18H26N2O4S. The van der Waals surface area contributed by atoms with E-state index < -0.39 is 0 Å². The fourth-order valence-electron chi connectivity index (χ4n) is 3.23. The molecule has 0 bridgehead atoms. The second-order valence-electron chi connectivity index (χ2n) is 6.12. The maximum atomic E-state index is 12.6. The van der Waals surface area contributed by atoms with E-state index in [1.54, 1.807) is 26.0 Å². The van der Waals surface area contributed by atoms with Crippen LogP contribution in [-0.2, 0) is 9.53 Å². The molecule has 2 heterocycles. The van der Waals surface area contributed by atoms with Gasteiger partial charge in [-0.05, 0) is 18.2 Å². The summed E-state index contributed by atoms with van der Waals surface area (Å²) in [5.41, 5.74) is 1.00. The van der Waals surface area contributed by atoms with Crippen molar-refractivity contribution < 1.29 is 19.0 Å². The Hall–Kier alpha value is -1.44. The highest BCUT2D eigenvalue weighted by Crippen LogP contribution is 2.42. The summed E-state index contributed by atoms with van der Waals surface area (Å²) in [5, 5.41) is -0.0349. The molecule has 0 saturated carbocycles. The number of ether oxygens (including phenoxy) is 3. The second kappa shape index (κ2) is 8.78. The Balaban J connectivity index is 1.78. The average molecular weight is 366 g/mol. The Morgan fingerprint density at radius 2 is 2.00 bits per heavy atom. The molecule has 1 aromatic rings. The first kappa shape index (κ1) is 18.4. The van der Waals surface area contributed by atoms with Crippen LogP contribution < -0.4 is 9.47 Å². The topological polar surface area (TPSA) is 51.2 Å². The Bertz CT molecular complexity index is 592. The predicted octanol–water partition coefficient (Wildman–Crippen LogP) is 2.00. The number of morpholine rings is 1. The van der Waals surface area contributed by atoms with Gasteiger partial charge in [0, 0.05) is 43.9 Å². The molecule has 25 heavy (non-hydrogen) atoms. The minimum Gasteiger partial charge on any atom is -0.497 e. The fraction of sp³-hybridized carbons (Fsp3) is 0.611. The minimum absolute atomic E-state index is 0.0349. The van der Waals surface area contributed by atoms with Gasteiger partial charge in [0.25, 0.3) is 0 Å². The molecule has 0 spiro atoms. The van der Waals surface area contributed by atoms with Gasteiger partial charge in [-0.3, -0.25) is 9.69 Å². The molecule has 2 aliphatic rings. The molecule has 0 radical (unpaired) electrons. The van der Waals surface area contributed by atoms with Crippen LogP contribution >= 0.6 is 11.8 Å². The third-order valence-corrected chi connectivity index (χ3v) is 5.92. The molecule has 138 valence electrons. The van der Waals surface area contributed by atoms with Crippen molar-refractivity contribution in [1.29, 1.82) is 0 Å². The summed E-state index contributed by atoms with van der Waals surface area (Å²) in [5.74, 6) is 2.62. The molecular weight excluding hydrogens is 340 g/mol. The molecule has 6 nitrogen and oxygen atoms in total. The SMILES string of the molecule is COc1ccc(OC)c(C2SCCC(=O)N2CCN2CCOCC2)c1. The highest BCUT2D eigenvalue weighted by atomic mass is 32.2. The van der Waals surface area contributed by atoms with Crippen LogP contribution in [0.3, 0.4) is 0 Å². The van der Waals surface area contributed by atoms with Crippen molar-refractivity contribution in [2.45, 2.75) is 11.8 Å². The van der Waals surface area contributed by atoms with Crippen LogP contribution in [0.15, 0.2) is 18.2 Å². The van der Waals surface area contributed by atoms with Gasteiger partial charge in [-0.15, -0.1) is 11.8 Å². The molecule has 0 N–H and O–H groups in total. The van der Waals surface area contributed by atoms with Gasteiger partial charge in [0.1, 0.15) is 16.9 Å². The van der Waals surface area contributed by atoms with E-state index in [-0.39, 0.29) is 11.3 Å². The number of carbonyl (C=O) groups excluding carboxylic acids is 1. The smallest absolute Gasteiger partial charge is 0.224 e. The highest BCUT2D eigenvalue weighted by Gasteiger charge is 2.32. The summed E-state index contributed by atoms with van der Waals surface area (Å²) in [6.45, 7) is 5.01. The lowest BCUT2D eigenvalue weighted by Gasteiger charge is -2.38. The van der Waals surface area contributed by atoms with Crippen molar-refractivity contribution >= 4 is 17.7 Å². The third-order valence-electron chi connectivity index (χ3n) is 4.66. The first-order valence-corrected chi connectivity index (χ1v) is 9.71. The summed E-state index contributed by atoms with van der Waals surface area (Å²) in [6.07, 6.45) is 0.594. The van der Waals surface area contributed by atoms with Crippen LogP contribution in [0, 0.1) is 0 Å². The van der Waals surface area contributed by atoms with Crippen LogP contribution in [0.2, 0.25) is 0 Å². The number of hydrogen-bond donors (Lipinski definition) is 0. The molecule has 1 aromatic carbocycles. The largest absolute Gasteiger partial charge is 0.497 e. The van der Waals surface area contributed by atoms with Crippen LogP contribution in [0.25, 0.3) is 0 Å². The van der Waals surface area contributed by atoms with Crippen molar-refractivity contribution in [3.05, 3.63) is 23.8 Å². The highest BCUT2D eigenvalue weighted by molar-refractivity contribution is 7.99. The average Bonchev–Trinajstić information content (AvgIpc) is 2.67. The van der Waals surface area contributed by atoms with Crippen molar-refractivity contribution in [3.8, 4) is 11.5 Å². The Morgan fingerprint density at radius 1 is 1.20 bits per heavy atom. The van der Waals surface area contributed by atoms with Gasteiger partial charge in [-0.1, -0.05) is 0 Å². The lowest BCUT2D eigenvalue weighted by atomic mass is 10.1. The maximum Gasteiger partial charge on any atom is 0.224 e. The van der Waals surface area contributed by atoms with E-state index in [0.717, 1.165) is 62.2 Å². The number of carbonyl (C=O) groups is 1. The number of nitrogens with zero attached hydrogens (tertiary/aromatic N) is 2. The molecule has 1 amide bonds. The standard InChI is InChI=1S/C18H26N2O4S/c1-22-14-3-4-16(23-2)15(13-14)18-20(17(21)5-12-25-18)7-6-19-8-10-24-11-9-19/h3-4,13,18H,5-12H2,1-2H3. The van der Waals surface area contributed by atoms with Gasteiger partial charge in [-0.2, -0.15) is 0 Å². The van der Waals surface area contributed by atoms with Crippen LogP contribution in [0.4, 0.5) is 0 Å². The van der Waals surface area contributed by atoms with Gasteiger partial charge >= 0.3 is 0 Å². The number of rotatable bonds is 6. The molecule has 0 aromatic heterocycles. The maximum absolute atomic E-state index is 12.6. The third kappa shape index (κ3) is 4.40. The van der Waals surface area contributed by atoms with E-state index in [1.807, 2.05) is 23.1 Å². The zero-order valence-corrected chi connectivity index (χ0v) is 15.7. The summed E-state index contributed by atoms with van der Waals surface area (Å²) in [6, 6.07) is 5.78. The number of methoxy groups -OCH3 is 2. The number of hydrogen-bond acceptors (Lipinski definition) is 6. The Kier molecular flexibility index (Phi) is 6.45.